The number of carbonyl (C=O) groups is 1. The van der Waals surface area contributed by atoms with Crippen molar-refractivity contribution in [1.82, 2.24) is 4.90 Å². The largest absolute Gasteiger partial charge is 0.393 e. The zero-order valence-corrected chi connectivity index (χ0v) is 9.37. The van der Waals surface area contributed by atoms with Gasteiger partial charge in [0.25, 0.3) is 0 Å². The molecule has 1 aliphatic carbocycles. The number of aliphatic hydroxyl groups excluding tert-OH is 1. The first-order valence-corrected chi connectivity index (χ1v) is 5.73. The first-order chi connectivity index (χ1) is 7.08. The lowest BCUT2D eigenvalue weighted by molar-refractivity contribution is -0.129. The van der Waals surface area contributed by atoms with Crippen molar-refractivity contribution in [2.75, 3.05) is 13.1 Å². The van der Waals surface area contributed by atoms with Gasteiger partial charge in [0, 0.05) is 19.0 Å². The van der Waals surface area contributed by atoms with E-state index in [4.69, 9.17) is 18.0 Å². The number of nitrogens with two attached hydrogens (primary N) is 1. The van der Waals surface area contributed by atoms with Gasteiger partial charge in [0.2, 0.25) is 5.91 Å². The summed E-state index contributed by atoms with van der Waals surface area (Å²) in [4.78, 5) is 13.7. The fraction of sp³-hybridized carbons (Fsp3) is 0.800. The van der Waals surface area contributed by atoms with Crippen LogP contribution in [0.25, 0.3) is 0 Å². The second-order valence-electron chi connectivity index (χ2n) is 4.51. The number of carbonyl (C=O) groups excluding carboxylic acids is 1. The molecule has 84 valence electrons. The number of rotatable bonds is 2. The summed E-state index contributed by atoms with van der Waals surface area (Å²) in [6.07, 6.45) is 1.85. The quantitative estimate of drug-likeness (QED) is 0.647. The summed E-state index contributed by atoms with van der Waals surface area (Å²) in [5.74, 6) is 0.764. The highest BCUT2D eigenvalue weighted by molar-refractivity contribution is 7.80. The normalized spacial score (nSPS) is 34.2. The van der Waals surface area contributed by atoms with Crippen molar-refractivity contribution >= 4 is 23.1 Å². The molecule has 0 spiro atoms. The Morgan fingerprint density at radius 3 is 2.80 bits per heavy atom. The lowest BCUT2D eigenvalue weighted by Gasteiger charge is -2.17. The minimum Gasteiger partial charge on any atom is -0.393 e. The fourth-order valence-electron chi connectivity index (χ4n) is 2.70. The molecule has 3 unspecified atom stereocenters. The van der Waals surface area contributed by atoms with Crippen LogP contribution in [-0.2, 0) is 4.79 Å². The van der Waals surface area contributed by atoms with Crippen LogP contribution in [-0.4, -0.2) is 40.1 Å². The Morgan fingerprint density at radius 1 is 1.47 bits per heavy atom. The maximum Gasteiger partial charge on any atom is 0.229 e. The van der Waals surface area contributed by atoms with Gasteiger partial charge in [-0.25, -0.2) is 0 Å². The first-order valence-electron chi connectivity index (χ1n) is 5.32. The molecule has 1 amide bonds. The molecule has 2 fully saturated rings. The highest BCUT2D eigenvalue weighted by Gasteiger charge is 2.43. The average molecular weight is 228 g/mol. The van der Waals surface area contributed by atoms with Gasteiger partial charge in [0.15, 0.2) is 0 Å². The molecule has 1 aliphatic heterocycles. The van der Waals surface area contributed by atoms with Crippen LogP contribution in [0.2, 0.25) is 0 Å². The number of hydrogen-bond acceptors (Lipinski definition) is 3. The maximum absolute atomic E-state index is 11.7. The van der Waals surface area contributed by atoms with Crippen LogP contribution in [0.3, 0.4) is 0 Å². The van der Waals surface area contributed by atoms with E-state index in [0.29, 0.717) is 12.5 Å². The van der Waals surface area contributed by atoms with Crippen LogP contribution in [0.1, 0.15) is 19.3 Å². The van der Waals surface area contributed by atoms with Gasteiger partial charge in [-0.05, 0) is 18.8 Å². The van der Waals surface area contributed by atoms with Crippen LogP contribution in [0.5, 0.6) is 0 Å². The van der Waals surface area contributed by atoms with E-state index in [-0.39, 0.29) is 29.3 Å². The maximum atomic E-state index is 11.7. The van der Waals surface area contributed by atoms with E-state index >= 15 is 0 Å². The van der Waals surface area contributed by atoms with Crippen molar-refractivity contribution in [3.8, 4) is 0 Å². The van der Waals surface area contributed by atoms with Gasteiger partial charge in [-0.15, -0.1) is 0 Å². The summed E-state index contributed by atoms with van der Waals surface area (Å²) >= 11 is 4.71. The topological polar surface area (TPSA) is 66.6 Å². The predicted octanol–water partition coefficient (Wildman–Crippen LogP) is -0.108. The molecule has 0 aromatic heterocycles. The SMILES string of the molecule is NC(=S)CC(=O)N1CC2CCC(O)C2C1. The number of nitrogens with zero attached hydrogens (tertiary/aromatic N) is 1. The third-order valence-electron chi connectivity index (χ3n) is 3.50. The van der Waals surface area contributed by atoms with Gasteiger partial charge in [-0.3, -0.25) is 4.79 Å². The second kappa shape index (κ2) is 4.06. The second-order valence-corrected chi connectivity index (χ2v) is 5.03. The monoisotopic (exact) mass is 228 g/mol. The molecular weight excluding hydrogens is 212 g/mol. The smallest absolute Gasteiger partial charge is 0.229 e. The van der Waals surface area contributed by atoms with Crippen LogP contribution >= 0.6 is 12.2 Å². The molecule has 0 aromatic rings. The number of thiocarbonyl (C=S) groups is 1. The van der Waals surface area contributed by atoms with E-state index in [9.17, 15) is 9.90 Å². The fourth-order valence-corrected chi connectivity index (χ4v) is 2.82. The summed E-state index contributed by atoms with van der Waals surface area (Å²) in [6, 6.07) is 0. The number of hydrogen-bond donors (Lipinski definition) is 2. The van der Waals surface area contributed by atoms with Gasteiger partial charge in [-0.1, -0.05) is 12.2 Å². The van der Waals surface area contributed by atoms with E-state index in [2.05, 4.69) is 0 Å². The van der Waals surface area contributed by atoms with E-state index in [1.165, 1.54) is 0 Å². The highest BCUT2D eigenvalue weighted by Crippen LogP contribution is 2.38. The molecule has 2 aliphatic rings. The highest BCUT2D eigenvalue weighted by atomic mass is 32.1. The van der Waals surface area contributed by atoms with Crippen LogP contribution < -0.4 is 5.73 Å². The van der Waals surface area contributed by atoms with Gasteiger partial charge in [-0.2, -0.15) is 0 Å². The van der Waals surface area contributed by atoms with Gasteiger partial charge >= 0.3 is 0 Å². The number of aliphatic hydroxyl groups is 1. The van der Waals surface area contributed by atoms with Crippen LogP contribution in [0.4, 0.5) is 0 Å². The molecule has 2 rings (SSSR count). The lowest BCUT2D eigenvalue weighted by atomic mass is 10.00. The predicted molar refractivity (Wildman–Crippen MR) is 60.2 cm³/mol. The van der Waals surface area contributed by atoms with Crippen molar-refractivity contribution in [3.63, 3.8) is 0 Å². The molecular formula is C10H16N2O2S. The van der Waals surface area contributed by atoms with E-state index in [0.717, 1.165) is 19.4 Å². The van der Waals surface area contributed by atoms with Gasteiger partial charge in [0.1, 0.15) is 0 Å². The Morgan fingerprint density at radius 2 is 2.20 bits per heavy atom. The molecule has 3 N–H and O–H groups in total. The molecule has 0 aromatic carbocycles. The number of amides is 1. The zero-order chi connectivity index (χ0) is 11.0. The molecule has 1 saturated heterocycles. The van der Waals surface area contributed by atoms with Crippen molar-refractivity contribution in [3.05, 3.63) is 0 Å². The minimum atomic E-state index is -0.224. The zero-order valence-electron chi connectivity index (χ0n) is 8.56. The summed E-state index contributed by atoms with van der Waals surface area (Å²) in [6.45, 7) is 1.44. The number of fused-ring (bicyclic) bond motifs is 1. The minimum absolute atomic E-state index is 0.00380. The molecule has 3 atom stereocenters. The molecule has 15 heavy (non-hydrogen) atoms. The Bertz CT molecular complexity index is 295. The Labute approximate surface area is 94.4 Å². The average Bonchev–Trinajstić information content (AvgIpc) is 2.67. The molecule has 1 saturated carbocycles. The van der Waals surface area contributed by atoms with Crippen molar-refractivity contribution in [2.24, 2.45) is 17.6 Å². The summed E-state index contributed by atoms with van der Waals surface area (Å²) in [7, 11) is 0. The summed E-state index contributed by atoms with van der Waals surface area (Å²) in [5, 5.41) is 9.69. The van der Waals surface area contributed by atoms with E-state index in [1.807, 2.05) is 0 Å². The standard InChI is InChI=1S/C10H16N2O2S/c11-9(15)3-10(14)12-4-6-1-2-8(13)7(6)5-12/h6-8,13H,1-5H2,(H2,11,15). The van der Waals surface area contributed by atoms with E-state index in [1.54, 1.807) is 4.90 Å². The lowest BCUT2D eigenvalue weighted by Crippen LogP contribution is -2.33. The van der Waals surface area contributed by atoms with Gasteiger partial charge < -0.3 is 15.7 Å². The Kier molecular flexibility index (Phi) is 2.93. The Balaban J connectivity index is 1.93. The summed E-state index contributed by atoms with van der Waals surface area (Å²) in [5.41, 5.74) is 5.34. The van der Waals surface area contributed by atoms with Crippen LogP contribution in [0.15, 0.2) is 0 Å². The van der Waals surface area contributed by atoms with Crippen molar-refractivity contribution in [2.45, 2.75) is 25.4 Å². The molecule has 4 nitrogen and oxygen atoms in total. The van der Waals surface area contributed by atoms with E-state index < -0.39 is 0 Å². The van der Waals surface area contributed by atoms with Gasteiger partial charge in [0.05, 0.1) is 17.5 Å². The molecule has 0 bridgehead atoms. The molecule has 5 heteroatoms. The first kappa shape index (κ1) is 10.8. The van der Waals surface area contributed by atoms with Crippen molar-refractivity contribution < 1.29 is 9.90 Å². The van der Waals surface area contributed by atoms with Crippen LogP contribution in [0, 0.1) is 11.8 Å². The third kappa shape index (κ3) is 2.13. The molecule has 0 radical (unpaired) electrons. The number of likely N-dealkylation sites (tertiary alicyclic amines) is 1. The molecule has 1 heterocycles. The third-order valence-corrected chi connectivity index (χ3v) is 3.64. The van der Waals surface area contributed by atoms with Crippen molar-refractivity contribution in [1.29, 1.82) is 0 Å². The Hall–Kier alpha value is -0.680. The summed E-state index contributed by atoms with van der Waals surface area (Å²) < 4.78 is 0.